The first-order valence-corrected chi connectivity index (χ1v) is 7.89. The van der Waals surface area contributed by atoms with Gasteiger partial charge in [-0.15, -0.1) is 0 Å². The smallest absolute Gasteiger partial charge is 0.146 e. The van der Waals surface area contributed by atoms with Gasteiger partial charge < -0.3 is 10.2 Å². The van der Waals surface area contributed by atoms with Crippen LogP contribution in [0.4, 0.5) is 10.1 Å². The summed E-state index contributed by atoms with van der Waals surface area (Å²) in [5.74, 6) is 0.959. The molecule has 106 valence electrons. The highest BCUT2D eigenvalue weighted by molar-refractivity contribution is 8.00. The number of nitrogens with one attached hydrogen (secondary N) is 1. The number of para-hydroxylation sites is 1. The van der Waals surface area contributed by atoms with Crippen molar-refractivity contribution in [1.82, 2.24) is 5.32 Å². The average molecular weight is 282 g/mol. The van der Waals surface area contributed by atoms with Gasteiger partial charge in [0.15, 0.2) is 0 Å². The van der Waals surface area contributed by atoms with Crippen molar-refractivity contribution in [2.24, 2.45) is 0 Å². The molecular formula is C15H23FN2S. The molecule has 0 spiro atoms. The molecule has 0 unspecified atom stereocenters. The molecule has 4 heteroatoms. The van der Waals surface area contributed by atoms with Gasteiger partial charge in [0.2, 0.25) is 0 Å². The Morgan fingerprint density at radius 1 is 1.42 bits per heavy atom. The minimum absolute atomic E-state index is 0.0990. The minimum Gasteiger partial charge on any atom is -0.367 e. The Morgan fingerprint density at radius 2 is 2.21 bits per heavy atom. The summed E-state index contributed by atoms with van der Waals surface area (Å²) >= 11 is 1.97. The summed E-state index contributed by atoms with van der Waals surface area (Å²) in [5, 5.41) is 3.29. The molecule has 1 fully saturated rings. The Kier molecular flexibility index (Phi) is 4.74. The minimum atomic E-state index is -0.0990. The Hall–Kier alpha value is -0.740. The van der Waals surface area contributed by atoms with Crippen molar-refractivity contribution in [2.45, 2.75) is 32.1 Å². The van der Waals surface area contributed by atoms with Gasteiger partial charge in [-0.3, -0.25) is 0 Å². The fraction of sp³-hybridized carbons (Fsp3) is 0.600. The molecule has 2 rings (SSSR count). The summed E-state index contributed by atoms with van der Waals surface area (Å²) in [6, 6.07) is 5.39. The molecule has 0 aliphatic carbocycles. The van der Waals surface area contributed by atoms with Gasteiger partial charge in [-0.25, -0.2) is 4.39 Å². The van der Waals surface area contributed by atoms with Crippen molar-refractivity contribution in [2.75, 3.05) is 30.3 Å². The second kappa shape index (κ2) is 6.14. The van der Waals surface area contributed by atoms with Crippen LogP contribution in [0, 0.1) is 5.82 Å². The van der Waals surface area contributed by atoms with E-state index in [1.165, 1.54) is 0 Å². The first kappa shape index (κ1) is 14.7. The van der Waals surface area contributed by atoms with Crippen LogP contribution >= 0.6 is 11.8 Å². The molecule has 1 aromatic rings. The van der Waals surface area contributed by atoms with Gasteiger partial charge >= 0.3 is 0 Å². The van der Waals surface area contributed by atoms with Gasteiger partial charge in [-0.2, -0.15) is 11.8 Å². The molecule has 2 nitrogen and oxygen atoms in total. The molecule has 1 N–H and O–H groups in total. The van der Waals surface area contributed by atoms with Crippen LogP contribution in [-0.4, -0.2) is 30.1 Å². The van der Waals surface area contributed by atoms with Gasteiger partial charge in [0, 0.05) is 30.1 Å². The van der Waals surface area contributed by atoms with E-state index in [-0.39, 0.29) is 10.6 Å². The molecule has 0 radical (unpaired) electrons. The highest BCUT2D eigenvalue weighted by atomic mass is 32.2. The van der Waals surface area contributed by atoms with Gasteiger partial charge in [-0.05, 0) is 32.0 Å². The normalized spacial score (nSPS) is 18.6. The maximum absolute atomic E-state index is 14.2. The van der Waals surface area contributed by atoms with E-state index in [0.717, 1.165) is 43.2 Å². The molecule has 1 saturated heterocycles. The summed E-state index contributed by atoms with van der Waals surface area (Å²) < 4.78 is 14.4. The molecule has 0 atom stereocenters. The summed E-state index contributed by atoms with van der Waals surface area (Å²) in [6.45, 7) is 9.99. The van der Waals surface area contributed by atoms with Gasteiger partial charge in [0.1, 0.15) is 5.82 Å². The quantitative estimate of drug-likeness (QED) is 0.912. The van der Waals surface area contributed by atoms with E-state index in [0.29, 0.717) is 0 Å². The molecule has 1 heterocycles. The fourth-order valence-corrected chi connectivity index (χ4v) is 3.64. The maximum Gasteiger partial charge on any atom is 0.146 e. The highest BCUT2D eigenvalue weighted by Gasteiger charge is 2.29. The first-order valence-electron chi connectivity index (χ1n) is 6.90. The summed E-state index contributed by atoms with van der Waals surface area (Å²) in [6.07, 6.45) is 0. The lowest BCUT2D eigenvalue weighted by molar-refractivity contribution is 0.591. The fourth-order valence-electron chi connectivity index (χ4n) is 2.52. The number of nitrogens with zero attached hydrogens (tertiary/aromatic N) is 1. The molecule has 0 saturated carbocycles. The predicted molar refractivity (Wildman–Crippen MR) is 82.5 cm³/mol. The van der Waals surface area contributed by atoms with Crippen molar-refractivity contribution in [1.29, 1.82) is 0 Å². The van der Waals surface area contributed by atoms with Crippen LogP contribution in [0.5, 0.6) is 0 Å². The first-order chi connectivity index (χ1) is 9.03. The molecule has 1 aliphatic heterocycles. The third-order valence-electron chi connectivity index (χ3n) is 3.38. The second-order valence-corrected chi connectivity index (χ2v) is 7.36. The standard InChI is InChI=1S/C15H23FN2S/c1-4-17-10-12-6-5-7-13(16)14(12)18-8-9-19-15(2,3)11-18/h5-7,17H,4,8-11H2,1-3H3. The monoisotopic (exact) mass is 282 g/mol. The number of hydrogen-bond donors (Lipinski definition) is 1. The molecule has 1 aliphatic rings. The number of anilines is 1. The number of thioether (sulfide) groups is 1. The van der Waals surface area contributed by atoms with Crippen LogP contribution in [0.25, 0.3) is 0 Å². The van der Waals surface area contributed by atoms with Crippen LogP contribution in [0.2, 0.25) is 0 Å². The largest absolute Gasteiger partial charge is 0.367 e. The molecule has 19 heavy (non-hydrogen) atoms. The van der Waals surface area contributed by atoms with Crippen molar-refractivity contribution >= 4 is 17.4 Å². The lowest BCUT2D eigenvalue weighted by atomic mass is 10.1. The number of halogens is 1. The van der Waals surface area contributed by atoms with Crippen LogP contribution in [0.15, 0.2) is 18.2 Å². The Morgan fingerprint density at radius 3 is 2.89 bits per heavy atom. The topological polar surface area (TPSA) is 15.3 Å². The van der Waals surface area contributed by atoms with E-state index in [2.05, 4.69) is 31.0 Å². The molecule has 0 bridgehead atoms. The lowest BCUT2D eigenvalue weighted by Crippen LogP contribution is -2.44. The van der Waals surface area contributed by atoms with Crippen molar-refractivity contribution < 1.29 is 4.39 Å². The Labute approximate surface area is 119 Å². The molecule has 1 aromatic carbocycles. The van der Waals surface area contributed by atoms with Crippen LogP contribution < -0.4 is 10.2 Å². The van der Waals surface area contributed by atoms with E-state index < -0.39 is 0 Å². The second-order valence-electron chi connectivity index (χ2n) is 5.56. The van der Waals surface area contributed by atoms with E-state index in [1.807, 2.05) is 17.8 Å². The average Bonchev–Trinajstić information content (AvgIpc) is 2.35. The van der Waals surface area contributed by atoms with E-state index in [1.54, 1.807) is 12.1 Å². The summed E-state index contributed by atoms with van der Waals surface area (Å²) in [7, 11) is 0. The zero-order valence-corrected chi connectivity index (χ0v) is 12.8. The third kappa shape index (κ3) is 3.63. The summed E-state index contributed by atoms with van der Waals surface area (Å²) in [4.78, 5) is 2.21. The van der Waals surface area contributed by atoms with Gasteiger partial charge in [0.25, 0.3) is 0 Å². The van der Waals surface area contributed by atoms with Crippen LogP contribution in [0.3, 0.4) is 0 Å². The van der Waals surface area contributed by atoms with Gasteiger partial charge in [0.05, 0.1) is 5.69 Å². The van der Waals surface area contributed by atoms with Gasteiger partial charge in [-0.1, -0.05) is 19.1 Å². The zero-order valence-electron chi connectivity index (χ0n) is 12.0. The predicted octanol–water partition coefficient (Wildman–Crippen LogP) is 3.27. The number of hydrogen-bond acceptors (Lipinski definition) is 3. The lowest BCUT2D eigenvalue weighted by Gasteiger charge is -2.39. The van der Waals surface area contributed by atoms with Crippen molar-refractivity contribution in [3.05, 3.63) is 29.6 Å². The zero-order chi connectivity index (χ0) is 13.9. The maximum atomic E-state index is 14.2. The summed E-state index contributed by atoms with van der Waals surface area (Å²) in [5.41, 5.74) is 1.85. The van der Waals surface area contributed by atoms with Crippen LogP contribution in [-0.2, 0) is 6.54 Å². The van der Waals surface area contributed by atoms with E-state index in [9.17, 15) is 4.39 Å². The Balaban J connectivity index is 2.26. The highest BCUT2D eigenvalue weighted by Crippen LogP contribution is 2.34. The van der Waals surface area contributed by atoms with Crippen molar-refractivity contribution in [3.63, 3.8) is 0 Å². The Bertz CT molecular complexity index is 434. The van der Waals surface area contributed by atoms with Crippen molar-refractivity contribution in [3.8, 4) is 0 Å². The molecular weight excluding hydrogens is 259 g/mol. The van der Waals surface area contributed by atoms with E-state index >= 15 is 0 Å². The van der Waals surface area contributed by atoms with Crippen LogP contribution in [0.1, 0.15) is 26.3 Å². The number of rotatable bonds is 4. The third-order valence-corrected chi connectivity index (χ3v) is 4.67. The van der Waals surface area contributed by atoms with E-state index in [4.69, 9.17) is 0 Å². The number of benzene rings is 1. The SMILES string of the molecule is CCNCc1cccc(F)c1N1CCSC(C)(C)C1. The molecule has 0 aromatic heterocycles. The molecule has 0 amide bonds.